The van der Waals surface area contributed by atoms with Crippen LogP contribution in [0, 0.1) is 10.1 Å². The monoisotopic (exact) mass is 269 g/mol. The summed E-state index contributed by atoms with van der Waals surface area (Å²) in [6.45, 7) is 1.92. The Bertz CT molecular complexity index is 462. The van der Waals surface area contributed by atoms with E-state index < -0.39 is 4.92 Å². The van der Waals surface area contributed by atoms with Crippen LogP contribution in [0.2, 0.25) is 5.15 Å². The maximum absolute atomic E-state index is 10.5. The Morgan fingerprint density at radius 2 is 2.44 bits per heavy atom. The fourth-order valence-corrected chi connectivity index (χ4v) is 1.75. The van der Waals surface area contributed by atoms with Crippen LogP contribution in [-0.2, 0) is 6.54 Å². The van der Waals surface area contributed by atoms with Crippen molar-refractivity contribution in [3.8, 4) is 0 Å². The third-order valence-electron chi connectivity index (χ3n) is 2.45. The third kappa shape index (κ3) is 3.31. The second-order valence-corrected chi connectivity index (χ2v) is 4.15. The van der Waals surface area contributed by atoms with Crippen LogP contribution in [-0.4, -0.2) is 27.9 Å². The SMILES string of the molecule is O=[N+]([O-])/C=C1/NNCCN1Cc1ccc(Cl)nc1. The van der Waals surface area contributed by atoms with Gasteiger partial charge in [-0.3, -0.25) is 10.1 Å². The fourth-order valence-electron chi connectivity index (χ4n) is 1.64. The standard InChI is InChI=1S/C10H12ClN5O2/c11-9-2-1-8(5-12-9)6-15-4-3-13-14-10(15)7-16(17)18/h1-2,5,7,13-14H,3-4,6H2/b10-7-. The number of hydrazine groups is 1. The molecule has 2 heterocycles. The van der Waals surface area contributed by atoms with E-state index in [0.29, 0.717) is 30.6 Å². The molecule has 96 valence electrons. The number of pyridine rings is 1. The number of rotatable bonds is 3. The van der Waals surface area contributed by atoms with E-state index in [2.05, 4.69) is 15.8 Å². The molecular formula is C10H12ClN5O2. The van der Waals surface area contributed by atoms with Crippen LogP contribution in [0.25, 0.3) is 0 Å². The van der Waals surface area contributed by atoms with Gasteiger partial charge in [0, 0.05) is 25.8 Å². The summed E-state index contributed by atoms with van der Waals surface area (Å²) in [5.41, 5.74) is 6.59. The topological polar surface area (TPSA) is 83.3 Å². The van der Waals surface area contributed by atoms with Crippen molar-refractivity contribution < 1.29 is 4.92 Å². The van der Waals surface area contributed by atoms with Crippen LogP contribution < -0.4 is 10.9 Å². The first-order chi connectivity index (χ1) is 8.65. The molecule has 1 fully saturated rings. The number of hydrogen-bond acceptors (Lipinski definition) is 6. The van der Waals surface area contributed by atoms with Crippen molar-refractivity contribution in [2.75, 3.05) is 13.1 Å². The zero-order chi connectivity index (χ0) is 13.0. The molecule has 1 saturated heterocycles. The van der Waals surface area contributed by atoms with Crippen LogP contribution in [0.4, 0.5) is 0 Å². The molecule has 1 aliphatic rings. The Balaban J connectivity index is 2.10. The Morgan fingerprint density at radius 3 is 3.11 bits per heavy atom. The quantitative estimate of drug-likeness (QED) is 0.478. The molecular weight excluding hydrogens is 258 g/mol. The summed E-state index contributed by atoms with van der Waals surface area (Å²) >= 11 is 5.70. The second kappa shape index (κ2) is 5.65. The van der Waals surface area contributed by atoms with Crippen molar-refractivity contribution in [2.24, 2.45) is 0 Å². The van der Waals surface area contributed by atoms with Crippen molar-refractivity contribution in [1.29, 1.82) is 0 Å². The molecule has 0 amide bonds. The van der Waals surface area contributed by atoms with E-state index in [0.717, 1.165) is 11.8 Å². The summed E-state index contributed by atoms with van der Waals surface area (Å²) in [6.07, 6.45) is 2.60. The van der Waals surface area contributed by atoms with Gasteiger partial charge in [-0.15, -0.1) is 0 Å². The molecule has 8 heteroatoms. The highest BCUT2D eigenvalue weighted by Gasteiger charge is 2.17. The van der Waals surface area contributed by atoms with E-state index in [1.807, 2.05) is 11.0 Å². The van der Waals surface area contributed by atoms with E-state index in [-0.39, 0.29) is 0 Å². The number of nitrogens with one attached hydrogen (secondary N) is 2. The van der Waals surface area contributed by atoms with E-state index in [1.54, 1.807) is 12.3 Å². The summed E-state index contributed by atoms with van der Waals surface area (Å²) in [5.74, 6) is 0.432. The molecule has 1 aromatic rings. The van der Waals surface area contributed by atoms with Gasteiger partial charge in [-0.1, -0.05) is 17.7 Å². The number of nitrogens with zero attached hydrogens (tertiary/aromatic N) is 3. The summed E-state index contributed by atoms with van der Waals surface area (Å²) in [6, 6.07) is 3.55. The van der Waals surface area contributed by atoms with Crippen LogP contribution in [0.3, 0.4) is 0 Å². The van der Waals surface area contributed by atoms with E-state index in [9.17, 15) is 10.1 Å². The summed E-state index contributed by atoms with van der Waals surface area (Å²) < 4.78 is 0. The maximum atomic E-state index is 10.5. The molecule has 1 aliphatic heterocycles. The Kier molecular flexibility index (Phi) is 3.96. The Labute approximate surface area is 109 Å². The minimum atomic E-state index is -0.484. The lowest BCUT2D eigenvalue weighted by atomic mass is 10.2. The van der Waals surface area contributed by atoms with Gasteiger partial charge in [-0.2, -0.15) is 0 Å². The van der Waals surface area contributed by atoms with Crippen LogP contribution in [0.15, 0.2) is 30.4 Å². The van der Waals surface area contributed by atoms with E-state index in [4.69, 9.17) is 11.6 Å². The minimum absolute atomic E-state index is 0.429. The van der Waals surface area contributed by atoms with Gasteiger partial charge in [-0.25, -0.2) is 10.4 Å². The highest BCUT2D eigenvalue weighted by atomic mass is 35.5. The molecule has 1 aromatic heterocycles. The highest BCUT2D eigenvalue weighted by molar-refractivity contribution is 6.29. The van der Waals surface area contributed by atoms with Crippen molar-refractivity contribution in [2.45, 2.75) is 6.54 Å². The molecule has 2 rings (SSSR count). The first-order valence-electron chi connectivity index (χ1n) is 5.35. The van der Waals surface area contributed by atoms with Gasteiger partial charge in [0.15, 0.2) is 5.82 Å². The fraction of sp³-hybridized carbons (Fsp3) is 0.300. The lowest BCUT2D eigenvalue weighted by molar-refractivity contribution is -0.405. The molecule has 0 saturated carbocycles. The zero-order valence-corrected chi connectivity index (χ0v) is 10.2. The average molecular weight is 270 g/mol. The normalized spacial score (nSPS) is 17.6. The molecule has 0 radical (unpaired) electrons. The van der Waals surface area contributed by atoms with Crippen LogP contribution in [0.1, 0.15) is 5.56 Å². The zero-order valence-electron chi connectivity index (χ0n) is 9.47. The van der Waals surface area contributed by atoms with Gasteiger partial charge >= 0.3 is 0 Å². The van der Waals surface area contributed by atoms with Gasteiger partial charge in [0.25, 0.3) is 6.20 Å². The molecule has 0 unspecified atom stereocenters. The van der Waals surface area contributed by atoms with Crippen molar-refractivity contribution >= 4 is 11.6 Å². The molecule has 0 aromatic carbocycles. The Hall–Kier alpha value is -1.86. The van der Waals surface area contributed by atoms with Crippen molar-refractivity contribution in [1.82, 2.24) is 20.7 Å². The number of nitro groups is 1. The van der Waals surface area contributed by atoms with Gasteiger partial charge in [0.1, 0.15) is 5.15 Å². The minimum Gasteiger partial charge on any atom is -0.347 e. The molecule has 0 atom stereocenters. The van der Waals surface area contributed by atoms with E-state index >= 15 is 0 Å². The lowest BCUT2D eigenvalue weighted by Crippen LogP contribution is -2.49. The average Bonchev–Trinajstić information content (AvgIpc) is 2.34. The van der Waals surface area contributed by atoms with Gasteiger partial charge < -0.3 is 10.3 Å². The van der Waals surface area contributed by atoms with E-state index in [1.165, 1.54) is 0 Å². The summed E-state index contributed by atoms with van der Waals surface area (Å²) in [5, 5.41) is 10.9. The van der Waals surface area contributed by atoms with Crippen LogP contribution in [0.5, 0.6) is 0 Å². The molecule has 7 nitrogen and oxygen atoms in total. The second-order valence-electron chi connectivity index (χ2n) is 3.76. The van der Waals surface area contributed by atoms with Gasteiger partial charge in [-0.05, 0) is 11.6 Å². The first-order valence-corrected chi connectivity index (χ1v) is 5.72. The summed E-state index contributed by atoms with van der Waals surface area (Å²) in [4.78, 5) is 15.9. The third-order valence-corrected chi connectivity index (χ3v) is 2.68. The predicted octanol–water partition coefficient (Wildman–Crippen LogP) is 0.720. The molecule has 0 bridgehead atoms. The van der Waals surface area contributed by atoms with Gasteiger partial charge in [0.2, 0.25) is 0 Å². The van der Waals surface area contributed by atoms with Crippen molar-refractivity contribution in [3.63, 3.8) is 0 Å². The molecule has 0 aliphatic carbocycles. The van der Waals surface area contributed by atoms with Gasteiger partial charge in [0.05, 0.1) is 4.92 Å². The molecule has 18 heavy (non-hydrogen) atoms. The van der Waals surface area contributed by atoms with Crippen molar-refractivity contribution in [3.05, 3.63) is 51.2 Å². The number of hydrogen-bond donors (Lipinski definition) is 2. The molecule has 0 spiro atoms. The number of halogens is 1. The highest BCUT2D eigenvalue weighted by Crippen LogP contribution is 2.12. The lowest BCUT2D eigenvalue weighted by Gasteiger charge is -2.31. The summed E-state index contributed by atoms with van der Waals surface area (Å²) in [7, 11) is 0. The number of aromatic nitrogens is 1. The van der Waals surface area contributed by atoms with Crippen LogP contribution >= 0.6 is 11.6 Å². The molecule has 2 N–H and O–H groups in total. The first kappa shape index (κ1) is 12.6. The maximum Gasteiger partial charge on any atom is 0.275 e. The Morgan fingerprint density at radius 1 is 1.61 bits per heavy atom. The largest absolute Gasteiger partial charge is 0.347 e. The predicted molar refractivity (Wildman–Crippen MR) is 65.9 cm³/mol. The smallest absolute Gasteiger partial charge is 0.275 e.